The number of nitrogens with zero attached hydrogens (tertiary/aromatic N) is 1. The number of nitrogens with two attached hydrogens (primary N) is 2. The van der Waals surface area contributed by atoms with Crippen LogP contribution in [0.15, 0.2) is 42.5 Å². The number of hydrogen-bond acceptors (Lipinski definition) is 6. The molecule has 5 nitrogen and oxygen atoms in total. The molecule has 71 heavy (non-hydrogen) atoms. The molecule has 0 amide bonds. The topological polar surface area (TPSA) is 95.2 Å². The average Bonchev–Trinajstić information content (AvgIpc) is 3.34. The first-order valence-electron chi connectivity index (χ1n) is 28.8. The first-order chi connectivity index (χ1) is 33.3. The van der Waals surface area contributed by atoms with Crippen molar-refractivity contribution in [2.45, 2.75) is 250 Å². The number of benzene rings is 2. The highest BCUT2D eigenvalue weighted by molar-refractivity contribution is 8.23. The average molecular weight is 1050 g/mol. The minimum atomic E-state index is -1.15. The molecule has 0 bridgehead atoms. The lowest BCUT2D eigenvalue weighted by atomic mass is 9.60. The van der Waals surface area contributed by atoms with Crippen molar-refractivity contribution >= 4 is 67.4 Å². The van der Waals surface area contributed by atoms with Gasteiger partial charge in [0.1, 0.15) is 8.64 Å². The van der Waals surface area contributed by atoms with E-state index >= 15 is 0 Å². The predicted octanol–water partition coefficient (Wildman–Crippen LogP) is 19.9. The molecule has 0 spiro atoms. The monoisotopic (exact) mass is 1050 g/mol. The van der Waals surface area contributed by atoms with E-state index in [-0.39, 0.29) is 16.3 Å². The molecule has 5 fully saturated rings. The molecule has 5 saturated carbocycles. The molecule has 2 aromatic rings. The Balaban J connectivity index is 0.000000270. The van der Waals surface area contributed by atoms with Gasteiger partial charge in [0.2, 0.25) is 5.54 Å². The molecule has 3 unspecified atom stereocenters. The highest BCUT2D eigenvalue weighted by Gasteiger charge is 2.56. The van der Waals surface area contributed by atoms with Crippen LogP contribution in [0, 0.1) is 66.8 Å². The first kappa shape index (κ1) is 63.9. The van der Waals surface area contributed by atoms with Crippen molar-refractivity contribution < 1.29 is 4.92 Å². The van der Waals surface area contributed by atoms with Crippen LogP contribution in [0.2, 0.25) is 0 Å². The van der Waals surface area contributed by atoms with Crippen molar-refractivity contribution in [1.82, 2.24) is 0 Å². The molecule has 406 valence electrons. The lowest BCUT2D eigenvalue weighted by Gasteiger charge is -2.47. The summed E-state index contributed by atoms with van der Waals surface area (Å²) in [6.45, 7) is 30.9. The Kier molecular flexibility index (Phi) is 26.8. The summed E-state index contributed by atoms with van der Waals surface area (Å²) in [7, 11) is 0. The fourth-order valence-electron chi connectivity index (χ4n) is 12.6. The van der Waals surface area contributed by atoms with Crippen molar-refractivity contribution in [3.63, 3.8) is 0 Å². The molecule has 0 aromatic heterocycles. The molecular weight excluding hydrogens is 947 g/mol. The molecule has 0 radical (unpaired) electrons. The molecule has 0 saturated heterocycles. The van der Waals surface area contributed by atoms with Gasteiger partial charge in [-0.2, -0.15) is 0 Å². The lowest BCUT2D eigenvalue weighted by Crippen LogP contribution is -2.49. The molecule has 3 atom stereocenters. The van der Waals surface area contributed by atoms with Gasteiger partial charge < -0.3 is 11.5 Å². The normalized spacial score (nSPS) is 24.9. The second-order valence-electron chi connectivity index (χ2n) is 25.8. The standard InChI is InChI=1S/C22H27N3O2S4.4C10H20/c1-15(12-30-19(23)28)21(14-31-20(24)29)10-5-11-22(13-21,25(26)27)18-9-4-7-16-6-2-3-8-17(16)18;4*1-9(2)10(3)7-5-4-6-8-10/h2-4,6-9,15H,5,10-14H2,1H3,(H2,23,28)(H2,24,29);4*9H,4-8H2,1-3H3. The van der Waals surface area contributed by atoms with E-state index in [4.69, 9.17) is 35.9 Å². The van der Waals surface area contributed by atoms with Crippen LogP contribution in [-0.2, 0) is 5.54 Å². The second-order valence-corrected chi connectivity index (χ2v) is 29.3. The highest BCUT2D eigenvalue weighted by atomic mass is 32.2. The molecule has 5 aliphatic carbocycles. The van der Waals surface area contributed by atoms with Gasteiger partial charge in [-0.3, -0.25) is 10.1 Å². The zero-order valence-electron chi connectivity index (χ0n) is 47.9. The summed E-state index contributed by atoms with van der Waals surface area (Å²) in [4.78, 5) is 12.7. The van der Waals surface area contributed by atoms with Gasteiger partial charge in [-0.1, -0.05) is 257 Å². The second kappa shape index (κ2) is 29.8. The first-order valence-corrected chi connectivity index (χ1v) is 31.6. The van der Waals surface area contributed by atoms with Crippen LogP contribution in [0.3, 0.4) is 0 Å². The number of thioether (sulfide) groups is 2. The quantitative estimate of drug-likeness (QED) is 0.131. The van der Waals surface area contributed by atoms with Crippen LogP contribution < -0.4 is 11.5 Å². The predicted molar refractivity (Wildman–Crippen MR) is 325 cm³/mol. The van der Waals surface area contributed by atoms with Crippen molar-refractivity contribution in [3.05, 3.63) is 58.1 Å². The Bertz CT molecular complexity index is 1770. The fourth-order valence-corrected chi connectivity index (χ4v) is 14.7. The molecule has 2 aromatic carbocycles. The van der Waals surface area contributed by atoms with E-state index in [1.807, 2.05) is 42.5 Å². The van der Waals surface area contributed by atoms with Crippen LogP contribution in [0.4, 0.5) is 0 Å². The Morgan fingerprint density at radius 2 is 0.901 bits per heavy atom. The number of fused-ring (bicyclic) bond motifs is 1. The van der Waals surface area contributed by atoms with E-state index in [9.17, 15) is 10.1 Å². The van der Waals surface area contributed by atoms with Gasteiger partial charge in [-0.05, 0) is 132 Å². The van der Waals surface area contributed by atoms with Gasteiger partial charge in [-0.15, -0.1) is 0 Å². The van der Waals surface area contributed by atoms with Crippen molar-refractivity contribution in [3.8, 4) is 0 Å². The lowest BCUT2D eigenvalue weighted by molar-refractivity contribution is -0.588. The number of hydrogen-bond donors (Lipinski definition) is 2. The summed E-state index contributed by atoms with van der Waals surface area (Å²) in [5.74, 6) is 5.06. The Hall–Kier alpha value is -1.42. The van der Waals surface area contributed by atoms with Gasteiger partial charge in [-0.25, -0.2) is 0 Å². The van der Waals surface area contributed by atoms with Crippen molar-refractivity contribution in [1.29, 1.82) is 0 Å². The van der Waals surface area contributed by atoms with Gasteiger partial charge >= 0.3 is 0 Å². The van der Waals surface area contributed by atoms with Crippen LogP contribution >= 0.6 is 48.0 Å². The maximum atomic E-state index is 12.7. The summed E-state index contributed by atoms with van der Waals surface area (Å²) < 4.78 is 0.769. The summed E-state index contributed by atoms with van der Waals surface area (Å²) >= 11 is 13.1. The minimum absolute atomic E-state index is 0.0540. The third-order valence-corrected chi connectivity index (χ3v) is 22.8. The summed E-state index contributed by atoms with van der Waals surface area (Å²) in [5, 5.41) is 14.7. The zero-order chi connectivity index (χ0) is 53.1. The van der Waals surface area contributed by atoms with Crippen LogP contribution in [0.25, 0.3) is 10.8 Å². The van der Waals surface area contributed by atoms with E-state index in [1.54, 1.807) is 0 Å². The van der Waals surface area contributed by atoms with Crippen molar-refractivity contribution in [2.24, 2.45) is 68.1 Å². The maximum Gasteiger partial charge on any atom is 0.248 e. The number of nitro groups is 1. The third-order valence-electron chi connectivity index (χ3n) is 20.1. The molecule has 0 heterocycles. The molecule has 7 rings (SSSR count). The Morgan fingerprint density at radius 3 is 1.24 bits per heavy atom. The van der Waals surface area contributed by atoms with E-state index in [0.29, 0.717) is 48.9 Å². The smallest absolute Gasteiger partial charge is 0.248 e. The third kappa shape index (κ3) is 19.0. The molecule has 9 heteroatoms. The molecule has 4 N–H and O–H groups in total. The largest absolute Gasteiger partial charge is 0.385 e. The number of thiocarbonyl (C=S) groups is 2. The van der Waals surface area contributed by atoms with Crippen LogP contribution in [-0.4, -0.2) is 25.1 Å². The van der Waals surface area contributed by atoms with Gasteiger partial charge in [0.05, 0.1) is 0 Å². The Morgan fingerprint density at radius 1 is 0.535 bits per heavy atom. The van der Waals surface area contributed by atoms with Crippen LogP contribution in [0.1, 0.15) is 250 Å². The summed E-state index contributed by atoms with van der Waals surface area (Å²) in [5.41, 5.74) is 13.6. The van der Waals surface area contributed by atoms with Gasteiger partial charge in [0.15, 0.2) is 0 Å². The number of rotatable bonds is 11. The Labute approximate surface area is 456 Å². The van der Waals surface area contributed by atoms with E-state index in [2.05, 4.69) is 90.0 Å². The highest BCUT2D eigenvalue weighted by Crippen LogP contribution is 2.55. The maximum absolute atomic E-state index is 12.7. The molecule has 5 aliphatic rings. The molecule has 0 aliphatic heterocycles. The SMILES string of the molecule is CC(C)C1(C)CCCCC1.CC(C)C1(C)CCCCC1.CC(C)C1(C)CCCCC1.CC(C)C1(C)CCCCC1.CC(CSC(N)=S)C1(CSC(N)=S)CCCC(c2cccc3ccccc23)([N+](=O)[O-])C1. The zero-order valence-corrected chi connectivity index (χ0v) is 51.1. The fraction of sp³-hybridized carbons (Fsp3) is 0.806. The van der Waals surface area contributed by atoms with E-state index < -0.39 is 5.54 Å². The van der Waals surface area contributed by atoms with E-state index in [0.717, 1.165) is 58.6 Å². The van der Waals surface area contributed by atoms with Gasteiger partial charge in [0, 0.05) is 34.8 Å². The summed E-state index contributed by atoms with van der Waals surface area (Å²) in [6.07, 6.45) is 32.0. The van der Waals surface area contributed by atoms with Crippen molar-refractivity contribution in [2.75, 3.05) is 11.5 Å². The minimum Gasteiger partial charge on any atom is -0.385 e. The van der Waals surface area contributed by atoms with Crippen LogP contribution in [0.5, 0.6) is 0 Å². The van der Waals surface area contributed by atoms with E-state index in [1.165, 1.54) is 152 Å². The van der Waals surface area contributed by atoms with Gasteiger partial charge in [0.25, 0.3) is 0 Å². The molecular formula is C62H107N3O2S4. The summed E-state index contributed by atoms with van der Waals surface area (Å²) in [6, 6.07) is 13.8.